The van der Waals surface area contributed by atoms with Gasteiger partial charge in [0.15, 0.2) is 11.5 Å². The highest BCUT2D eigenvalue weighted by atomic mass is 15.2. The Kier molecular flexibility index (Phi) is 2.55. The molecule has 122 valence electrons. The molecule has 0 bridgehead atoms. The predicted molar refractivity (Wildman–Crippen MR) is 103 cm³/mol. The fraction of sp³-hybridized carbons (Fsp3) is 0. The van der Waals surface area contributed by atoms with Crippen LogP contribution in [0.3, 0.4) is 0 Å². The van der Waals surface area contributed by atoms with Gasteiger partial charge in [0.2, 0.25) is 0 Å². The summed E-state index contributed by atoms with van der Waals surface area (Å²) in [6.07, 6.45) is 1.82. The van der Waals surface area contributed by atoms with Gasteiger partial charge >= 0.3 is 0 Å². The van der Waals surface area contributed by atoms with Crippen LogP contribution in [-0.2, 0) is 0 Å². The highest BCUT2D eigenvalue weighted by Crippen LogP contribution is 2.27. The van der Waals surface area contributed by atoms with Crippen molar-refractivity contribution in [2.24, 2.45) is 0 Å². The van der Waals surface area contributed by atoms with Crippen LogP contribution in [0.25, 0.3) is 44.6 Å². The smallest absolute Gasteiger partial charge is 0.183 e. The summed E-state index contributed by atoms with van der Waals surface area (Å²) in [5, 5.41) is 0. The largest absolute Gasteiger partial charge is 0.288 e. The Bertz CT molecular complexity index is 1440. The Morgan fingerprint density at radius 1 is 0.577 bits per heavy atom. The number of fused-ring (bicyclic) bond motifs is 6. The molecule has 0 saturated carbocycles. The maximum absolute atomic E-state index is 4.93. The van der Waals surface area contributed by atoms with Gasteiger partial charge in [0, 0.05) is 0 Å². The van der Waals surface area contributed by atoms with Crippen molar-refractivity contribution in [1.29, 1.82) is 0 Å². The molecule has 0 unspecified atom stereocenters. The summed E-state index contributed by atoms with van der Waals surface area (Å²) in [6.45, 7) is 0. The number of hydrogen-bond donors (Lipinski definition) is 0. The monoisotopic (exact) mass is 335 g/mol. The van der Waals surface area contributed by atoms with E-state index in [1.54, 1.807) is 0 Å². The van der Waals surface area contributed by atoms with Crippen LogP contribution in [0, 0.1) is 0 Å². The van der Waals surface area contributed by atoms with Crippen LogP contribution in [0.5, 0.6) is 0 Å². The SMILES string of the molecule is c1ccc2c(c1)ncn2-c1nc2ccccc2n2c1nc1ccccc12. The molecule has 3 aromatic carbocycles. The third-order valence-corrected chi connectivity index (χ3v) is 4.79. The number of rotatable bonds is 1. The van der Waals surface area contributed by atoms with Crippen LogP contribution >= 0.6 is 0 Å². The normalized spacial score (nSPS) is 11.8. The zero-order valence-electron chi connectivity index (χ0n) is 13.7. The van der Waals surface area contributed by atoms with E-state index in [-0.39, 0.29) is 0 Å². The second-order valence-electron chi connectivity index (χ2n) is 6.29. The van der Waals surface area contributed by atoms with E-state index in [1.807, 2.05) is 65.5 Å². The van der Waals surface area contributed by atoms with Gasteiger partial charge in [0.1, 0.15) is 6.33 Å². The predicted octanol–water partition coefficient (Wildman–Crippen LogP) is 4.37. The second kappa shape index (κ2) is 4.89. The summed E-state index contributed by atoms with van der Waals surface area (Å²) in [5.41, 5.74) is 6.79. The number of hydrogen-bond acceptors (Lipinski definition) is 3. The fourth-order valence-electron chi connectivity index (χ4n) is 3.62. The molecule has 0 fully saturated rings. The fourth-order valence-corrected chi connectivity index (χ4v) is 3.62. The molecular formula is C21H13N5. The molecule has 0 saturated heterocycles. The van der Waals surface area contributed by atoms with Crippen LogP contribution in [0.15, 0.2) is 79.1 Å². The van der Waals surface area contributed by atoms with E-state index >= 15 is 0 Å². The molecule has 26 heavy (non-hydrogen) atoms. The van der Waals surface area contributed by atoms with Crippen molar-refractivity contribution in [2.45, 2.75) is 0 Å². The molecule has 0 atom stereocenters. The minimum Gasteiger partial charge on any atom is -0.288 e. The lowest BCUT2D eigenvalue weighted by molar-refractivity contribution is 1.02. The van der Waals surface area contributed by atoms with E-state index in [4.69, 9.17) is 9.97 Å². The van der Waals surface area contributed by atoms with Gasteiger partial charge in [0.05, 0.1) is 33.1 Å². The molecule has 6 rings (SSSR count). The Morgan fingerprint density at radius 3 is 1.88 bits per heavy atom. The Hall–Kier alpha value is -3.73. The standard InChI is InChI=1S/C21H13N5/c1-4-10-17-14(7-1)22-13-25(17)20-21-24-16-9-3-6-12-19(16)26(21)18-11-5-2-8-15(18)23-20/h1-13H. The van der Waals surface area contributed by atoms with Gasteiger partial charge in [-0.15, -0.1) is 0 Å². The molecule has 6 aromatic rings. The van der Waals surface area contributed by atoms with E-state index in [1.165, 1.54) is 0 Å². The Labute approximate surface area is 148 Å². The molecule has 0 spiro atoms. The van der Waals surface area contributed by atoms with Crippen molar-refractivity contribution in [3.05, 3.63) is 79.1 Å². The molecule has 5 nitrogen and oxygen atoms in total. The van der Waals surface area contributed by atoms with E-state index in [0.717, 1.165) is 44.6 Å². The lowest BCUT2D eigenvalue weighted by Gasteiger charge is -2.09. The van der Waals surface area contributed by atoms with Crippen LogP contribution < -0.4 is 0 Å². The molecule has 0 amide bonds. The molecule has 0 N–H and O–H groups in total. The van der Waals surface area contributed by atoms with Crippen LogP contribution in [0.1, 0.15) is 0 Å². The summed E-state index contributed by atoms with van der Waals surface area (Å²) in [4.78, 5) is 14.3. The minimum atomic E-state index is 0.786. The van der Waals surface area contributed by atoms with Crippen molar-refractivity contribution < 1.29 is 0 Å². The van der Waals surface area contributed by atoms with Gasteiger partial charge < -0.3 is 0 Å². The highest BCUT2D eigenvalue weighted by Gasteiger charge is 2.16. The summed E-state index contributed by atoms with van der Waals surface area (Å²) in [5.74, 6) is 0.786. The van der Waals surface area contributed by atoms with Crippen LogP contribution in [-0.4, -0.2) is 23.9 Å². The maximum atomic E-state index is 4.93. The molecule has 3 aromatic heterocycles. The van der Waals surface area contributed by atoms with Crippen molar-refractivity contribution in [3.63, 3.8) is 0 Å². The first kappa shape index (κ1) is 13.5. The molecular weight excluding hydrogens is 322 g/mol. The van der Waals surface area contributed by atoms with Gasteiger partial charge in [-0.1, -0.05) is 36.4 Å². The highest BCUT2D eigenvalue weighted by molar-refractivity contribution is 5.92. The van der Waals surface area contributed by atoms with E-state index < -0.39 is 0 Å². The number of benzene rings is 3. The molecule has 0 radical (unpaired) electrons. The van der Waals surface area contributed by atoms with Gasteiger partial charge in [-0.05, 0) is 36.4 Å². The average Bonchev–Trinajstić information content (AvgIpc) is 3.29. The maximum Gasteiger partial charge on any atom is 0.183 e. The summed E-state index contributed by atoms with van der Waals surface area (Å²) in [7, 11) is 0. The molecule has 0 aliphatic heterocycles. The Balaban J connectivity index is 1.86. The van der Waals surface area contributed by atoms with Gasteiger partial charge in [-0.2, -0.15) is 0 Å². The quantitative estimate of drug-likeness (QED) is 0.448. The van der Waals surface area contributed by atoms with Crippen molar-refractivity contribution in [3.8, 4) is 5.82 Å². The molecule has 3 heterocycles. The zero-order valence-corrected chi connectivity index (χ0v) is 13.7. The first-order valence-electron chi connectivity index (χ1n) is 8.48. The molecule has 5 heteroatoms. The summed E-state index contributed by atoms with van der Waals surface area (Å²) >= 11 is 0. The van der Waals surface area contributed by atoms with Crippen LogP contribution in [0.2, 0.25) is 0 Å². The van der Waals surface area contributed by atoms with Gasteiger partial charge in [-0.25, -0.2) is 15.0 Å². The van der Waals surface area contributed by atoms with Crippen LogP contribution in [0.4, 0.5) is 0 Å². The summed E-state index contributed by atoms with van der Waals surface area (Å²) < 4.78 is 4.20. The summed E-state index contributed by atoms with van der Waals surface area (Å²) in [6, 6.07) is 24.4. The van der Waals surface area contributed by atoms with Crippen molar-refractivity contribution >= 4 is 38.7 Å². The topological polar surface area (TPSA) is 48.0 Å². The van der Waals surface area contributed by atoms with Gasteiger partial charge in [0.25, 0.3) is 0 Å². The first-order chi connectivity index (χ1) is 12.9. The number of nitrogens with zero attached hydrogens (tertiary/aromatic N) is 5. The lowest BCUT2D eigenvalue weighted by atomic mass is 10.2. The van der Waals surface area contributed by atoms with Crippen molar-refractivity contribution in [2.75, 3.05) is 0 Å². The Morgan fingerprint density at radius 2 is 1.15 bits per heavy atom. The number of imidazole rings is 2. The number of aromatic nitrogens is 5. The molecule has 0 aliphatic carbocycles. The average molecular weight is 335 g/mol. The van der Waals surface area contributed by atoms with Crippen molar-refractivity contribution in [1.82, 2.24) is 23.9 Å². The van der Waals surface area contributed by atoms with Gasteiger partial charge in [-0.3, -0.25) is 8.97 Å². The minimum absolute atomic E-state index is 0.786. The van der Waals surface area contributed by atoms with E-state index in [9.17, 15) is 0 Å². The van der Waals surface area contributed by atoms with E-state index in [0.29, 0.717) is 0 Å². The third-order valence-electron chi connectivity index (χ3n) is 4.79. The lowest BCUT2D eigenvalue weighted by Crippen LogP contribution is -2.02. The third kappa shape index (κ3) is 1.71. The first-order valence-corrected chi connectivity index (χ1v) is 8.48. The number of para-hydroxylation sites is 6. The van der Waals surface area contributed by atoms with E-state index in [2.05, 4.69) is 27.6 Å². The second-order valence-corrected chi connectivity index (χ2v) is 6.29. The zero-order chi connectivity index (χ0) is 17.1. The molecule has 0 aliphatic rings.